The van der Waals surface area contributed by atoms with Gasteiger partial charge in [0.25, 0.3) is 0 Å². The van der Waals surface area contributed by atoms with Gasteiger partial charge >= 0.3 is 5.97 Å². The number of nitrogens with two attached hydrogens (primary N) is 1. The molecule has 1 saturated carbocycles. The van der Waals surface area contributed by atoms with E-state index < -0.39 is 5.97 Å². The van der Waals surface area contributed by atoms with Gasteiger partial charge in [0.15, 0.2) is 0 Å². The van der Waals surface area contributed by atoms with E-state index in [4.69, 9.17) is 10.8 Å². The Balaban J connectivity index is 2.00. The molecule has 0 atom stereocenters. The van der Waals surface area contributed by atoms with E-state index in [1.807, 2.05) is 0 Å². The number of hydrogen-bond acceptors (Lipinski definition) is 5. The predicted octanol–water partition coefficient (Wildman–Crippen LogP) is 0.650. The van der Waals surface area contributed by atoms with Gasteiger partial charge in [0.1, 0.15) is 5.82 Å². The minimum absolute atomic E-state index is 0.0446. The zero-order chi connectivity index (χ0) is 11.5. The number of carboxylic acid groups (broad SMARTS) is 1. The highest BCUT2D eigenvalue weighted by Gasteiger charge is 2.22. The molecule has 0 spiro atoms. The van der Waals surface area contributed by atoms with Gasteiger partial charge in [-0.25, -0.2) is 4.98 Å². The smallest absolute Gasteiger partial charge is 0.303 e. The summed E-state index contributed by atoms with van der Waals surface area (Å²) in [5.41, 5.74) is 6.40. The van der Waals surface area contributed by atoms with E-state index in [1.165, 1.54) is 0 Å². The summed E-state index contributed by atoms with van der Waals surface area (Å²) in [4.78, 5) is 18.6. The zero-order valence-corrected chi connectivity index (χ0v) is 8.81. The normalized spacial score (nSPS) is 14.8. The largest absolute Gasteiger partial charge is 0.481 e. The lowest BCUT2D eigenvalue weighted by molar-refractivity contribution is -0.136. The molecule has 1 aromatic heterocycles. The van der Waals surface area contributed by atoms with E-state index in [2.05, 4.69) is 15.3 Å². The Bertz CT molecular complexity index is 404. The molecule has 0 radical (unpaired) electrons. The number of aliphatic carboxylic acids is 1. The van der Waals surface area contributed by atoms with Crippen LogP contribution in [-0.4, -0.2) is 27.1 Å². The topological polar surface area (TPSA) is 101 Å². The van der Waals surface area contributed by atoms with Crippen LogP contribution in [0.15, 0.2) is 6.20 Å². The fourth-order valence-corrected chi connectivity index (χ4v) is 1.33. The van der Waals surface area contributed by atoms with Crippen molar-refractivity contribution in [3.63, 3.8) is 0 Å². The summed E-state index contributed by atoms with van der Waals surface area (Å²) in [6, 6.07) is 0.476. The SMILES string of the molecule is Nc1nc(NC2CC2)ncc1CCC(=O)O. The van der Waals surface area contributed by atoms with Gasteiger partial charge in [-0.3, -0.25) is 4.79 Å². The molecule has 0 aliphatic heterocycles. The van der Waals surface area contributed by atoms with Crippen molar-refractivity contribution in [1.29, 1.82) is 0 Å². The second-order valence-corrected chi connectivity index (χ2v) is 3.92. The number of aromatic nitrogens is 2. The summed E-state index contributed by atoms with van der Waals surface area (Å²) >= 11 is 0. The highest BCUT2D eigenvalue weighted by Crippen LogP contribution is 2.23. The minimum Gasteiger partial charge on any atom is -0.481 e. The average Bonchev–Trinajstić information content (AvgIpc) is 3.00. The number of nitrogens with one attached hydrogen (secondary N) is 1. The van der Waals surface area contributed by atoms with E-state index >= 15 is 0 Å². The Kier molecular flexibility index (Phi) is 2.89. The van der Waals surface area contributed by atoms with E-state index in [-0.39, 0.29) is 6.42 Å². The van der Waals surface area contributed by atoms with Crippen molar-refractivity contribution in [3.05, 3.63) is 11.8 Å². The summed E-state index contributed by atoms with van der Waals surface area (Å²) < 4.78 is 0. The molecule has 4 N–H and O–H groups in total. The molecule has 1 aromatic rings. The molecule has 16 heavy (non-hydrogen) atoms. The third-order valence-corrected chi connectivity index (χ3v) is 2.42. The number of nitrogens with zero attached hydrogens (tertiary/aromatic N) is 2. The average molecular weight is 222 g/mol. The molecule has 1 fully saturated rings. The summed E-state index contributed by atoms with van der Waals surface area (Å²) in [5, 5.41) is 11.7. The molecule has 1 aliphatic rings. The maximum atomic E-state index is 10.4. The summed E-state index contributed by atoms with van der Waals surface area (Å²) in [7, 11) is 0. The van der Waals surface area contributed by atoms with Crippen LogP contribution in [0.5, 0.6) is 0 Å². The molecule has 1 aliphatic carbocycles. The van der Waals surface area contributed by atoms with Crippen LogP contribution in [0.3, 0.4) is 0 Å². The molecule has 86 valence electrons. The van der Waals surface area contributed by atoms with Crippen LogP contribution in [0.2, 0.25) is 0 Å². The van der Waals surface area contributed by atoms with Crippen LogP contribution >= 0.6 is 0 Å². The Morgan fingerprint density at radius 3 is 2.94 bits per heavy atom. The van der Waals surface area contributed by atoms with Crippen LogP contribution in [0, 0.1) is 0 Å². The number of aryl methyl sites for hydroxylation is 1. The molecule has 0 unspecified atom stereocenters. The lowest BCUT2D eigenvalue weighted by atomic mass is 10.2. The standard InChI is InChI=1S/C10H14N4O2/c11-9-6(1-4-8(15)16)5-12-10(14-9)13-7-2-3-7/h5,7H,1-4H2,(H,15,16)(H3,11,12,13,14). The highest BCUT2D eigenvalue weighted by molar-refractivity contribution is 5.67. The van der Waals surface area contributed by atoms with Gasteiger partial charge in [-0.1, -0.05) is 0 Å². The first-order chi connectivity index (χ1) is 7.65. The van der Waals surface area contributed by atoms with Gasteiger partial charge in [-0.05, 0) is 19.3 Å². The Morgan fingerprint density at radius 2 is 2.38 bits per heavy atom. The number of nitrogen functional groups attached to an aromatic ring is 1. The Labute approximate surface area is 92.9 Å². The Morgan fingerprint density at radius 1 is 1.62 bits per heavy atom. The molecular weight excluding hydrogens is 208 g/mol. The van der Waals surface area contributed by atoms with Gasteiger partial charge in [0.05, 0.1) is 0 Å². The summed E-state index contributed by atoms with van der Waals surface area (Å²) in [6.07, 6.45) is 4.29. The molecule has 0 amide bonds. The van der Waals surface area contributed by atoms with Crippen LogP contribution < -0.4 is 11.1 Å². The molecular formula is C10H14N4O2. The minimum atomic E-state index is -0.848. The first kappa shape index (κ1) is 10.7. The van der Waals surface area contributed by atoms with E-state index in [1.54, 1.807) is 6.20 Å². The first-order valence-electron chi connectivity index (χ1n) is 5.25. The van der Waals surface area contributed by atoms with Crippen molar-refractivity contribution in [2.45, 2.75) is 31.7 Å². The lowest BCUT2D eigenvalue weighted by Crippen LogP contribution is -2.09. The number of hydrogen-bond donors (Lipinski definition) is 3. The summed E-state index contributed by atoms with van der Waals surface area (Å²) in [5.74, 6) is 0.0399. The van der Waals surface area contributed by atoms with Crippen molar-refractivity contribution in [2.24, 2.45) is 0 Å². The van der Waals surface area contributed by atoms with Crippen LogP contribution in [0.1, 0.15) is 24.8 Å². The van der Waals surface area contributed by atoms with E-state index in [0.29, 0.717) is 29.8 Å². The van der Waals surface area contributed by atoms with Crippen molar-refractivity contribution in [1.82, 2.24) is 9.97 Å². The van der Waals surface area contributed by atoms with Crippen LogP contribution in [0.4, 0.5) is 11.8 Å². The van der Waals surface area contributed by atoms with Crippen molar-refractivity contribution in [3.8, 4) is 0 Å². The monoisotopic (exact) mass is 222 g/mol. The highest BCUT2D eigenvalue weighted by atomic mass is 16.4. The van der Waals surface area contributed by atoms with Gasteiger partial charge in [0.2, 0.25) is 5.95 Å². The first-order valence-corrected chi connectivity index (χ1v) is 5.25. The molecule has 0 saturated heterocycles. The van der Waals surface area contributed by atoms with Crippen LogP contribution in [0.25, 0.3) is 0 Å². The second-order valence-electron chi connectivity index (χ2n) is 3.92. The van der Waals surface area contributed by atoms with Crippen LogP contribution in [-0.2, 0) is 11.2 Å². The number of carboxylic acids is 1. The van der Waals surface area contributed by atoms with Gasteiger partial charge in [-0.2, -0.15) is 4.98 Å². The molecule has 1 heterocycles. The maximum absolute atomic E-state index is 10.4. The number of anilines is 2. The van der Waals surface area contributed by atoms with Gasteiger partial charge < -0.3 is 16.2 Å². The van der Waals surface area contributed by atoms with Gasteiger partial charge in [0, 0.05) is 24.2 Å². The van der Waals surface area contributed by atoms with Gasteiger partial charge in [-0.15, -0.1) is 0 Å². The third kappa shape index (κ3) is 2.82. The van der Waals surface area contributed by atoms with E-state index in [0.717, 1.165) is 12.8 Å². The molecule has 0 bridgehead atoms. The molecule has 0 aromatic carbocycles. The quantitative estimate of drug-likeness (QED) is 0.676. The fraction of sp³-hybridized carbons (Fsp3) is 0.500. The third-order valence-electron chi connectivity index (χ3n) is 2.42. The van der Waals surface area contributed by atoms with Crippen molar-refractivity contribution in [2.75, 3.05) is 11.1 Å². The second kappa shape index (κ2) is 4.34. The maximum Gasteiger partial charge on any atom is 0.303 e. The van der Waals surface area contributed by atoms with E-state index in [9.17, 15) is 4.79 Å². The zero-order valence-electron chi connectivity index (χ0n) is 8.81. The predicted molar refractivity (Wildman–Crippen MR) is 59.0 cm³/mol. The molecule has 2 rings (SSSR count). The molecule has 6 heteroatoms. The fourth-order valence-electron chi connectivity index (χ4n) is 1.33. The summed E-state index contributed by atoms with van der Waals surface area (Å²) in [6.45, 7) is 0. The number of carbonyl (C=O) groups is 1. The molecule has 6 nitrogen and oxygen atoms in total. The number of rotatable bonds is 5. The lowest BCUT2D eigenvalue weighted by Gasteiger charge is -2.06. The van der Waals surface area contributed by atoms with Crippen molar-refractivity contribution >= 4 is 17.7 Å². The Hall–Kier alpha value is -1.85. The van der Waals surface area contributed by atoms with Crippen molar-refractivity contribution < 1.29 is 9.90 Å².